The van der Waals surface area contributed by atoms with Gasteiger partial charge in [-0.2, -0.15) is 0 Å². The first-order valence-corrected chi connectivity index (χ1v) is 9.04. The number of esters is 1. The third kappa shape index (κ3) is 8.52. The molecule has 0 saturated carbocycles. The van der Waals surface area contributed by atoms with Gasteiger partial charge < -0.3 is 14.9 Å². The molecule has 0 aliphatic heterocycles. The number of hydrogen-bond acceptors (Lipinski definition) is 4. The molecule has 0 unspecified atom stereocenters. The average molecular weight is 328 g/mol. The van der Waals surface area contributed by atoms with Crippen molar-refractivity contribution in [1.29, 1.82) is 0 Å². The van der Waals surface area contributed by atoms with E-state index >= 15 is 0 Å². The maximum absolute atomic E-state index is 11.3. The number of ether oxygens (including phenoxy) is 1. The van der Waals surface area contributed by atoms with E-state index in [2.05, 4.69) is 18.6 Å². The van der Waals surface area contributed by atoms with Gasteiger partial charge in [0.15, 0.2) is 0 Å². The lowest BCUT2D eigenvalue weighted by Crippen LogP contribution is -2.30. The minimum absolute atomic E-state index is 0.0665. The molecule has 4 nitrogen and oxygen atoms in total. The van der Waals surface area contributed by atoms with E-state index in [0.717, 1.165) is 19.3 Å². The largest absolute Gasteiger partial charge is 0.469 e. The molecular weight excluding hydrogens is 292 g/mol. The van der Waals surface area contributed by atoms with Crippen LogP contribution < -0.4 is 0 Å². The Labute approximate surface area is 141 Å². The van der Waals surface area contributed by atoms with Gasteiger partial charge in [0, 0.05) is 0 Å². The molecule has 23 heavy (non-hydrogen) atoms. The van der Waals surface area contributed by atoms with Gasteiger partial charge in [-0.3, -0.25) is 4.79 Å². The van der Waals surface area contributed by atoms with Crippen LogP contribution >= 0.6 is 0 Å². The van der Waals surface area contributed by atoms with Crippen LogP contribution in [0.25, 0.3) is 0 Å². The number of unbranched alkanes of at least 4 members (excludes halogenated alkanes) is 1. The summed E-state index contributed by atoms with van der Waals surface area (Å²) in [6.45, 7) is 8.23. The number of rotatable bonds is 12. The van der Waals surface area contributed by atoms with Gasteiger partial charge >= 0.3 is 5.97 Å². The van der Waals surface area contributed by atoms with E-state index < -0.39 is 17.7 Å². The Morgan fingerprint density at radius 2 is 1.91 bits per heavy atom. The fourth-order valence-corrected chi connectivity index (χ4v) is 2.90. The minimum Gasteiger partial charge on any atom is -0.469 e. The van der Waals surface area contributed by atoms with Gasteiger partial charge in [0.2, 0.25) is 0 Å². The van der Waals surface area contributed by atoms with Crippen LogP contribution in [-0.2, 0) is 9.53 Å². The lowest BCUT2D eigenvalue weighted by atomic mass is 9.82. The highest BCUT2D eigenvalue weighted by molar-refractivity contribution is 5.70. The summed E-state index contributed by atoms with van der Waals surface area (Å²) < 4.78 is 4.61. The van der Waals surface area contributed by atoms with E-state index in [1.807, 2.05) is 13.8 Å². The molecule has 0 aromatic heterocycles. The average Bonchev–Trinajstić information content (AvgIpc) is 2.56. The van der Waals surface area contributed by atoms with Crippen LogP contribution in [0.15, 0.2) is 11.6 Å². The minimum atomic E-state index is -0.920. The van der Waals surface area contributed by atoms with Gasteiger partial charge in [0.25, 0.3) is 0 Å². The van der Waals surface area contributed by atoms with E-state index in [4.69, 9.17) is 0 Å². The SMILES string of the molecule is CCCC[C@H](CC)C[C@@](O)(C=C(CC)[C@H](O)CC(=O)OC)CC. The van der Waals surface area contributed by atoms with Gasteiger partial charge in [-0.25, -0.2) is 0 Å². The molecule has 4 heteroatoms. The summed E-state index contributed by atoms with van der Waals surface area (Å²) in [4.78, 5) is 11.3. The summed E-state index contributed by atoms with van der Waals surface area (Å²) in [5.41, 5.74) is -0.207. The molecule has 0 amide bonds. The maximum Gasteiger partial charge on any atom is 0.308 e. The molecule has 3 atom stereocenters. The lowest BCUT2D eigenvalue weighted by molar-refractivity contribution is -0.142. The number of aliphatic hydroxyl groups is 2. The number of carbonyl (C=O) groups is 1. The van der Waals surface area contributed by atoms with Gasteiger partial charge in [-0.1, -0.05) is 59.5 Å². The topological polar surface area (TPSA) is 66.8 Å². The third-order valence-electron chi connectivity index (χ3n) is 4.68. The van der Waals surface area contributed by atoms with Gasteiger partial charge in [0.1, 0.15) is 0 Å². The molecule has 0 saturated heterocycles. The van der Waals surface area contributed by atoms with Gasteiger partial charge in [0.05, 0.1) is 25.2 Å². The maximum atomic E-state index is 11.3. The van der Waals surface area contributed by atoms with Crippen molar-refractivity contribution >= 4 is 5.97 Å². The summed E-state index contributed by atoms with van der Waals surface area (Å²) in [7, 11) is 1.31. The van der Waals surface area contributed by atoms with Crippen LogP contribution in [0.5, 0.6) is 0 Å². The number of methoxy groups -OCH3 is 1. The molecule has 0 spiro atoms. The molecular formula is C19H36O4. The first-order valence-electron chi connectivity index (χ1n) is 9.04. The van der Waals surface area contributed by atoms with E-state index in [0.29, 0.717) is 30.8 Å². The Hall–Kier alpha value is -0.870. The highest BCUT2D eigenvalue weighted by atomic mass is 16.5. The fourth-order valence-electron chi connectivity index (χ4n) is 2.90. The molecule has 0 aromatic rings. The van der Waals surface area contributed by atoms with Crippen molar-refractivity contribution in [2.24, 2.45) is 5.92 Å². The van der Waals surface area contributed by atoms with E-state index in [1.54, 1.807) is 6.08 Å². The van der Waals surface area contributed by atoms with Gasteiger partial charge in [-0.15, -0.1) is 0 Å². The Morgan fingerprint density at radius 1 is 1.26 bits per heavy atom. The second-order valence-electron chi connectivity index (χ2n) is 6.45. The van der Waals surface area contributed by atoms with Crippen LogP contribution in [0.1, 0.15) is 79.1 Å². The molecule has 0 aromatic carbocycles. The number of carbonyl (C=O) groups excluding carboxylic acids is 1. The van der Waals surface area contributed by atoms with E-state index in [9.17, 15) is 15.0 Å². The van der Waals surface area contributed by atoms with Crippen LogP contribution in [0.3, 0.4) is 0 Å². The predicted octanol–water partition coefficient (Wildman–Crippen LogP) is 3.99. The van der Waals surface area contributed by atoms with Crippen molar-refractivity contribution in [2.45, 2.75) is 90.8 Å². The second-order valence-corrected chi connectivity index (χ2v) is 6.45. The molecule has 0 aliphatic carbocycles. The van der Waals surface area contributed by atoms with Crippen molar-refractivity contribution < 1.29 is 19.7 Å². The quantitative estimate of drug-likeness (QED) is 0.420. The Bertz CT molecular complexity index is 364. The first kappa shape index (κ1) is 22.1. The number of hydrogen-bond donors (Lipinski definition) is 2. The molecule has 2 N–H and O–H groups in total. The monoisotopic (exact) mass is 328 g/mol. The van der Waals surface area contributed by atoms with E-state index in [-0.39, 0.29) is 6.42 Å². The normalized spacial score (nSPS) is 17.4. The van der Waals surface area contributed by atoms with Crippen molar-refractivity contribution in [1.82, 2.24) is 0 Å². The summed E-state index contributed by atoms with van der Waals surface area (Å²) in [5, 5.41) is 21.2. The standard InChI is InChI=1S/C19H36O4/c1-6-10-11-15(7-2)13-19(22,9-4)14-16(8-3)17(20)12-18(21)23-5/h14-15,17,20,22H,6-13H2,1-5H3/t15-,17+,19+/m0/s1. The summed E-state index contributed by atoms with van der Waals surface area (Å²) in [6, 6.07) is 0. The molecule has 0 bridgehead atoms. The van der Waals surface area contributed by atoms with Crippen molar-refractivity contribution in [2.75, 3.05) is 7.11 Å². The van der Waals surface area contributed by atoms with Crippen molar-refractivity contribution in [3.05, 3.63) is 11.6 Å². The molecule has 0 fully saturated rings. The number of aliphatic hydroxyl groups excluding tert-OH is 1. The predicted molar refractivity (Wildman–Crippen MR) is 94.2 cm³/mol. The zero-order valence-corrected chi connectivity index (χ0v) is 15.6. The van der Waals surface area contributed by atoms with E-state index in [1.165, 1.54) is 13.5 Å². The third-order valence-corrected chi connectivity index (χ3v) is 4.68. The zero-order valence-electron chi connectivity index (χ0n) is 15.6. The Balaban J connectivity index is 5.08. The summed E-state index contributed by atoms with van der Waals surface area (Å²) >= 11 is 0. The van der Waals surface area contributed by atoms with Crippen LogP contribution in [0.2, 0.25) is 0 Å². The molecule has 0 heterocycles. The summed E-state index contributed by atoms with van der Waals surface area (Å²) in [5.74, 6) is 0.0401. The highest BCUT2D eigenvalue weighted by Gasteiger charge is 2.28. The highest BCUT2D eigenvalue weighted by Crippen LogP contribution is 2.30. The first-order chi connectivity index (χ1) is 10.9. The second kappa shape index (κ2) is 11.6. The summed E-state index contributed by atoms with van der Waals surface area (Å²) in [6.07, 6.45) is 7.24. The fraction of sp³-hybridized carbons (Fsp3) is 0.842. The molecule has 0 rings (SSSR count). The van der Waals surface area contributed by atoms with Crippen molar-refractivity contribution in [3.8, 4) is 0 Å². The van der Waals surface area contributed by atoms with Crippen LogP contribution in [0.4, 0.5) is 0 Å². The van der Waals surface area contributed by atoms with Crippen LogP contribution in [0, 0.1) is 5.92 Å². The lowest BCUT2D eigenvalue weighted by Gasteiger charge is -2.30. The Kier molecular flexibility index (Phi) is 11.2. The van der Waals surface area contributed by atoms with Crippen molar-refractivity contribution in [3.63, 3.8) is 0 Å². The zero-order chi connectivity index (χ0) is 17.9. The molecule has 0 aliphatic rings. The molecule has 0 radical (unpaired) electrons. The smallest absolute Gasteiger partial charge is 0.308 e. The van der Waals surface area contributed by atoms with Crippen LogP contribution in [-0.4, -0.2) is 35.0 Å². The molecule has 136 valence electrons. The Morgan fingerprint density at radius 3 is 2.35 bits per heavy atom. The van der Waals surface area contributed by atoms with Gasteiger partial charge in [-0.05, 0) is 30.8 Å².